The van der Waals surface area contributed by atoms with Crippen LogP contribution in [0.5, 0.6) is 0 Å². The van der Waals surface area contributed by atoms with Crippen molar-refractivity contribution < 1.29 is 14.3 Å². The van der Waals surface area contributed by atoms with Crippen LogP contribution in [0.3, 0.4) is 0 Å². The first kappa shape index (κ1) is 14.2. The lowest BCUT2D eigenvalue weighted by Gasteiger charge is -2.38. The average molecular weight is 285 g/mol. The van der Waals surface area contributed by atoms with Crippen LogP contribution in [0.2, 0.25) is 5.28 Å². The summed E-state index contributed by atoms with van der Waals surface area (Å²) in [5.74, 6) is -0.447. The molecule has 104 valence electrons. The molecule has 0 spiro atoms. The second-order valence-electron chi connectivity index (χ2n) is 5.04. The predicted octanol–water partition coefficient (Wildman–Crippen LogP) is 2.28. The van der Waals surface area contributed by atoms with Gasteiger partial charge in [-0.2, -0.15) is 0 Å². The number of hydrogen-bond donors (Lipinski definition) is 0. The fourth-order valence-electron chi connectivity index (χ4n) is 1.98. The number of nitrogens with zero attached hydrogens (tertiary/aromatic N) is 2. The van der Waals surface area contributed by atoms with Crippen LogP contribution in [-0.4, -0.2) is 35.8 Å². The molecule has 19 heavy (non-hydrogen) atoms. The van der Waals surface area contributed by atoms with Crippen LogP contribution < -0.4 is 0 Å². The molecule has 0 radical (unpaired) electrons. The van der Waals surface area contributed by atoms with E-state index in [1.807, 2.05) is 0 Å². The normalized spacial score (nSPS) is 16.8. The van der Waals surface area contributed by atoms with Crippen LogP contribution >= 0.6 is 11.6 Å². The molecule has 0 bridgehead atoms. The maximum Gasteiger partial charge on any atom is 0.357 e. The summed E-state index contributed by atoms with van der Waals surface area (Å²) in [5.41, 5.74) is 1.23. The minimum Gasteiger partial charge on any atom is -0.461 e. The maximum atomic E-state index is 11.8. The number of hydrogen-bond acceptors (Lipinski definition) is 5. The number of aryl methyl sites for hydroxylation is 1. The molecule has 1 saturated heterocycles. The van der Waals surface area contributed by atoms with E-state index in [2.05, 4.69) is 16.9 Å². The number of aromatic nitrogens is 2. The third kappa shape index (κ3) is 3.42. The van der Waals surface area contributed by atoms with Gasteiger partial charge in [-0.25, -0.2) is 14.8 Å². The highest BCUT2D eigenvalue weighted by Crippen LogP contribution is 2.32. The second-order valence-corrected chi connectivity index (χ2v) is 5.37. The van der Waals surface area contributed by atoms with Gasteiger partial charge in [0.1, 0.15) is 0 Å². The monoisotopic (exact) mass is 284 g/mol. The molecule has 2 rings (SSSR count). The SMILES string of the molecule is CCOC(=O)c1nc(Cl)ncc1CCC1(C)COC1. The van der Waals surface area contributed by atoms with E-state index in [-0.39, 0.29) is 16.4 Å². The summed E-state index contributed by atoms with van der Waals surface area (Å²) in [5, 5.41) is 0.0602. The summed E-state index contributed by atoms with van der Waals surface area (Å²) >= 11 is 5.74. The van der Waals surface area contributed by atoms with Crippen molar-refractivity contribution in [1.82, 2.24) is 9.97 Å². The van der Waals surface area contributed by atoms with E-state index >= 15 is 0 Å². The van der Waals surface area contributed by atoms with Crippen molar-refractivity contribution in [3.8, 4) is 0 Å². The Bertz CT molecular complexity index is 475. The molecule has 1 aromatic heterocycles. The number of esters is 1. The Hall–Kier alpha value is -1.20. The largest absolute Gasteiger partial charge is 0.461 e. The molecule has 6 heteroatoms. The van der Waals surface area contributed by atoms with Gasteiger partial charge in [-0.1, -0.05) is 6.92 Å². The molecule has 5 nitrogen and oxygen atoms in total. The van der Waals surface area contributed by atoms with Crippen molar-refractivity contribution in [3.05, 3.63) is 22.7 Å². The molecule has 1 aliphatic heterocycles. The van der Waals surface area contributed by atoms with Gasteiger partial charge in [-0.05, 0) is 31.4 Å². The van der Waals surface area contributed by atoms with E-state index in [0.717, 1.165) is 25.2 Å². The quantitative estimate of drug-likeness (QED) is 0.613. The summed E-state index contributed by atoms with van der Waals surface area (Å²) in [4.78, 5) is 19.8. The molecule has 0 N–H and O–H groups in total. The van der Waals surface area contributed by atoms with Crippen molar-refractivity contribution >= 4 is 17.6 Å². The van der Waals surface area contributed by atoms with Gasteiger partial charge in [0.25, 0.3) is 0 Å². The second kappa shape index (κ2) is 5.84. The number of carbonyl (C=O) groups excluding carboxylic acids is 1. The van der Waals surface area contributed by atoms with Crippen LogP contribution in [0.4, 0.5) is 0 Å². The zero-order chi connectivity index (χ0) is 13.9. The van der Waals surface area contributed by atoms with Crippen LogP contribution in [0.1, 0.15) is 36.3 Å². The molecule has 0 amide bonds. The number of ether oxygens (including phenoxy) is 2. The minimum atomic E-state index is -0.447. The van der Waals surface area contributed by atoms with E-state index in [0.29, 0.717) is 13.0 Å². The summed E-state index contributed by atoms with van der Waals surface area (Å²) in [6, 6.07) is 0. The summed E-state index contributed by atoms with van der Waals surface area (Å²) in [7, 11) is 0. The lowest BCUT2D eigenvalue weighted by Crippen LogP contribution is -2.40. The molecule has 1 aliphatic rings. The van der Waals surface area contributed by atoms with Gasteiger partial charge < -0.3 is 9.47 Å². The smallest absolute Gasteiger partial charge is 0.357 e. The predicted molar refractivity (Wildman–Crippen MR) is 70.2 cm³/mol. The minimum absolute atomic E-state index is 0.0602. The molecule has 0 atom stereocenters. The highest BCUT2D eigenvalue weighted by atomic mass is 35.5. The van der Waals surface area contributed by atoms with Gasteiger partial charge in [0.2, 0.25) is 5.28 Å². The Morgan fingerprint density at radius 2 is 2.32 bits per heavy atom. The Morgan fingerprint density at radius 1 is 1.58 bits per heavy atom. The molecule has 0 aromatic carbocycles. The first-order valence-electron chi connectivity index (χ1n) is 6.30. The zero-order valence-corrected chi connectivity index (χ0v) is 11.9. The molecular formula is C13H17ClN2O3. The molecular weight excluding hydrogens is 268 g/mol. The molecule has 1 fully saturated rings. The van der Waals surface area contributed by atoms with Crippen molar-refractivity contribution in [3.63, 3.8) is 0 Å². The third-order valence-corrected chi connectivity index (χ3v) is 3.38. The first-order valence-corrected chi connectivity index (χ1v) is 6.68. The number of carbonyl (C=O) groups is 1. The van der Waals surface area contributed by atoms with Crippen LogP contribution in [0, 0.1) is 5.41 Å². The van der Waals surface area contributed by atoms with Crippen LogP contribution in [-0.2, 0) is 15.9 Å². The fraction of sp³-hybridized carbons (Fsp3) is 0.615. The Labute approximate surface area is 117 Å². The third-order valence-electron chi connectivity index (χ3n) is 3.20. The molecule has 2 heterocycles. The molecule has 1 aromatic rings. The van der Waals surface area contributed by atoms with Gasteiger partial charge in [-0.15, -0.1) is 0 Å². The molecule has 0 unspecified atom stereocenters. The van der Waals surface area contributed by atoms with E-state index in [1.54, 1.807) is 13.1 Å². The maximum absolute atomic E-state index is 11.8. The van der Waals surface area contributed by atoms with Gasteiger partial charge >= 0.3 is 5.97 Å². The summed E-state index contributed by atoms with van der Waals surface area (Å²) in [6.07, 6.45) is 3.24. The Balaban J connectivity index is 2.12. The average Bonchev–Trinajstić information content (AvgIpc) is 2.35. The van der Waals surface area contributed by atoms with E-state index in [1.165, 1.54) is 0 Å². The Morgan fingerprint density at radius 3 is 2.89 bits per heavy atom. The lowest BCUT2D eigenvalue weighted by atomic mass is 9.82. The van der Waals surface area contributed by atoms with E-state index in [9.17, 15) is 4.79 Å². The van der Waals surface area contributed by atoms with Gasteiger partial charge in [0.15, 0.2) is 5.69 Å². The highest BCUT2D eigenvalue weighted by Gasteiger charge is 2.33. The standard InChI is InChI=1S/C13H17ClN2O3/c1-3-19-11(17)10-9(6-15-12(14)16-10)4-5-13(2)7-18-8-13/h6H,3-5,7-8H2,1-2H3. The topological polar surface area (TPSA) is 61.3 Å². The van der Waals surface area contributed by atoms with E-state index < -0.39 is 5.97 Å². The number of halogens is 1. The van der Waals surface area contributed by atoms with Crippen molar-refractivity contribution in [2.24, 2.45) is 5.41 Å². The van der Waals surface area contributed by atoms with E-state index in [4.69, 9.17) is 21.1 Å². The van der Waals surface area contributed by atoms with Crippen molar-refractivity contribution in [2.45, 2.75) is 26.7 Å². The number of rotatable bonds is 5. The van der Waals surface area contributed by atoms with Crippen LogP contribution in [0.25, 0.3) is 0 Å². The van der Waals surface area contributed by atoms with Gasteiger partial charge in [0.05, 0.1) is 19.8 Å². The zero-order valence-electron chi connectivity index (χ0n) is 11.1. The lowest BCUT2D eigenvalue weighted by molar-refractivity contribution is -0.105. The Kier molecular flexibility index (Phi) is 4.37. The fourth-order valence-corrected chi connectivity index (χ4v) is 2.11. The first-order chi connectivity index (χ1) is 9.04. The highest BCUT2D eigenvalue weighted by molar-refractivity contribution is 6.28. The van der Waals surface area contributed by atoms with Crippen molar-refractivity contribution in [1.29, 1.82) is 0 Å². The van der Waals surface area contributed by atoms with Crippen LogP contribution in [0.15, 0.2) is 6.20 Å². The van der Waals surface area contributed by atoms with Gasteiger partial charge in [0, 0.05) is 17.2 Å². The summed E-state index contributed by atoms with van der Waals surface area (Å²) in [6.45, 7) is 5.75. The molecule has 0 saturated carbocycles. The van der Waals surface area contributed by atoms with Gasteiger partial charge in [-0.3, -0.25) is 0 Å². The van der Waals surface area contributed by atoms with Crippen molar-refractivity contribution in [2.75, 3.05) is 19.8 Å². The molecule has 0 aliphatic carbocycles. The summed E-state index contributed by atoms with van der Waals surface area (Å²) < 4.78 is 10.2.